The van der Waals surface area contributed by atoms with Crippen LogP contribution in [0, 0.1) is 0 Å². The average molecular weight is 253 g/mol. The second-order valence-electron chi connectivity index (χ2n) is 3.56. The molecule has 1 aromatic carbocycles. The van der Waals surface area contributed by atoms with Gasteiger partial charge in [-0.1, -0.05) is 25.1 Å². The van der Waals surface area contributed by atoms with Gasteiger partial charge >= 0.3 is 0 Å². The van der Waals surface area contributed by atoms with Crippen molar-refractivity contribution in [1.29, 1.82) is 0 Å². The van der Waals surface area contributed by atoms with Crippen LogP contribution in [-0.4, -0.2) is 23.3 Å². The van der Waals surface area contributed by atoms with Crippen LogP contribution in [0.25, 0.3) is 0 Å². The summed E-state index contributed by atoms with van der Waals surface area (Å²) in [6.45, 7) is 4.77. The van der Waals surface area contributed by atoms with Gasteiger partial charge in [0.15, 0.2) is 5.76 Å². The molecule has 0 aliphatic rings. The monoisotopic (exact) mass is 253 g/mol. The van der Waals surface area contributed by atoms with E-state index >= 15 is 0 Å². The fraction of sp³-hybridized carbons (Fsp3) is 0.385. The zero-order chi connectivity index (χ0) is 12.5. The minimum absolute atomic E-state index is 0.482. The molecule has 1 rings (SSSR count). The van der Waals surface area contributed by atoms with Gasteiger partial charge in [-0.25, -0.2) is 5.26 Å². The molecule has 0 aromatic heterocycles. The fourth-order valence-corrected chi connectivity index (χ4v) is 2.05. The summed E-state index contributed by atoms with van der Waals surface area (Å²) in [4.78, 5) is 6.30. The Bertz CT molecular complexity index is 341. The first-order valence-electron chi connectivity index (χ1n) is 5.67. The molecule has 0 saturated heterocycles. The van der Waals surface area contributed by atoms with Crippen molar-refractivity contribution in [1.82, 2.24) is 0 Å². The highest BCUT2D eigenvalue weighted by Gasteiger charge is 2.04. The predicted molar refractivity (Wildman–Crippen MR) is 74.3 cm³/mol. The van der Waals surface area contributed by atoms with E-state index in [9.17, 15) is 0 Å². The highest BCUT2D eigenvalue weighted by molar-refractivity contribution is 7.99. The van der Waals surface area contributed by atoms with Crippen molar-refractivity contribution in [2.24, 2.45) is 0 Å². The molecule has 0 heterocycles. The van der Waals surface area contributed by atoms with E-state index in [0.29, 0.717) is 5.76 Å². The van der Waals surface area contributed by atoms with Crippen molar-refractivity contribution in [3.63, 3.8) is 0 Å². The van der Waals surface area contributed by atoms with Crippen molar-refractivity contribution >= 4 is 17.4 Å². The Hall–Kier alpha value is -1.13. The van der Waals surface area contributed by atoms with Crippen molar-refractivity contribution in [2.45, 2.75) is 13.8 Å². The van der Waals surface area contributed by atoms with Crippen molar-refractivity contribution in [3.8, 4) is 0 Å². The molecular weight excluding hydrogens is 234 g/mol. The van der Waals surface area contributed by atoms with Crippen LogP contribution in [0.5, 0.6) is 0 Å². The third-order valence-electron chi connectivity index (χ3n) is 2.25. The van der Waals surface area contributed by atoms with Crippen LogP contribution >= 0.6 is 11.8 Å². The van der Waals surface area contributed by atoms with Crippen LogP contribution < -0.4 is 4.90 Å². The minimum atomic E-state index is 0.482. The molecule has 0 aliphatic heterocycles. The molecule has 0 saturated carbocycles. The van der Waals surface area contributed by atoms with Gasteiger partial charge in [0.1, 0.15) is 0 Å². The molecule has 1 aromatic rings. The number of benzene rings is 1. The smallest absolute Gasteiger partial charge is 0.155 e. The summed E-state index contributed by atoms with van der Waals surface area (Å²) < 4.78 is 0. The Morgan fingerprint density at radius 3 is 2.71 bits per heavy atom. The van der Waals surface area contributed by atoms with E-state index in [1.807, 2.05) is 48.3 Å². The van der Waals surface area contributed by atoms with E-state index < -0.39 is 0 Å². The molecule has 17 heavy (non-hydrogen) atoms. The van der Waals surface area contributed by atoms with Crippen molar-refractivity contribution in [3.05, 3.63) is 42.3 Å². The lowest BCUT2D eigenvalue weighted by Crippen LogP contribution is -2.20. The van der Waals surface area contributed by atoms with Gasteiger partial charge in [-0.15, -0.1) is 0 Å². The number of nitrogens with zero attached hydrogens (tertiary/aromatic N) is 1. The summed E-state index contributed by atoms with van der Waals surface area (Å²) in [5.74, 6) is 2.64. The first-order chi connectivity index (χ1) is 8.27. The van der Waals surface area contributed by atoms with Gasteiger partial charge in [-0.05, 0) is 24.8 Å². The quantitative estimate of drug-likeness (QED) is 0.348. The lowest BCUT2D eigenvalue weighted by atomic mass is 10.3. The highest BCUT2D eigenvalue weighted by Crippen LogP contribution is 2.16. The van der Waals surface area contributed by atoms with Gasteiger partial charge in [0, 0.05) is 24.2 Å². The summed E-state index contributed by atoms with van der Waals surface area (Å²) >= 11 is 1.89. The molecular formula is C13H19NO2S. The molecule has 0 fully saturated rings. The molecule has 0 atom stereocenters. The molecule has 1 N–H and O–H groups in total. The van der Waals surface area contributed by atoms with Gasteiger partial charge in [0.05, 0.1) is 0 Å². The first kappa shape index (κ1) is 13.9. The third kappa shape index (κ3) is 5.15. The summed E-state index contributed by atoms with van der Waals surface area (Å²) in [6, 6.07) is 10.1. The lowest BCUT2D eigenvalue weighted by Gasteiger charge is -2.20. The highest BCUT2D eigenvalue weighted by atomic mass is 32.2. The standard InChI is InChI=1S/C13H19NO2S/c1-3-17-10-9-14(11-12(2)16-15)13-7-5-4-6-8-13/h4-8,11,15H,3,9-10H2,1-2H3/b12-11+. The summed E-state index contributed by atoms with van der Waals surface area (Å²) in [6.07, 6.45) is 1.81. The van der Waals surface area contributed by atoms with E-state index in [-0.39, 0.29) is 0 Å². The number of rotatable bonds is 7. The average Bonchev–Trinajstić information content (AvgIpc) is 2.38. The number of anilines is 1. The molecule has 94 valence electrons. The van der Waals surface area contributed by atoms with Gasteiger partial charge < -0.3 is 9.79 Å². The molecule has 0 aliphatic carbocycles. The van der Waals surface area contributed by atoms with Crippen LogP contribution in [0.4, 0.5) is 5.69 Å². The predicted octanol–water partition coefficient (Wildman–Crippen LogP) is 3.60. The Balaban J connectivity index is 2.72. The zero-order valence-corrected chi connectivity index (χ0v) is 11.1. The van der Waals surface area contributed by atoms with Gasteiger partial charge in [-0.3, -0.25) is 0 Å². The number of para-hydroxylation sites is 1. The van der Waals surface area contributed by atoms with E-state index in [1.165, 1.54) is 0 Å². The molecule has 0 spiro atoms. The topological polar surface area (TPSA) is 32.7 Å². The molecule has 4 heteroatoms. The zero-order valence-electron chi connectivity index (χ0n) is 10.3. The number of thioether (sulfide) groups is 1. The van der Waals surface area contributed by atoms with Gasteiger partial charge in [0.2, 0.25) is 0 Å². The Morgan fingerprint density at radius 1 is 1.41 bits per heavy atom. The Kier molecular flexibility index (Phi) is 6.58. The van der Waals surface area contributed by atoms with E-state index in [4.69, 9.17) is 5.26 Å². The molecule has 0 radical (unpaired) electrons. The fourth-order valence-electron chi connectivity index (χ4n) is 1.44. The van der Waals surface area contributed by atoms with Gasteiger partial charge in [-0.2, -0.15) is 11.8 Å². The van der Waals surface area contributed by atoms with E-state index in [2.05, 4.69) is 16.7 Å². The van der Waals surface area contributed by atoms with Crippen LogP contribution in [0.2, 0.25) is 0 Å². The second-order valence-corrected chi connectivity index (χ2v) is 4.95. The maximum absolute atomic E-state index is 8.60. The molecule has 0 bridgehead atoms. The Morgan fingerprint density at radius 2 is 2.12 bits per heavy atom. The maximum atomic E-state index is 8.60. The number of hydrogen-bond acceptors (Lipinski definition) is 4. The maximum Gasteiger partial charge on any atom is 0.155 e. The van der Waals surface area contributed by atoms with Gasteiger partial charge in [0.25, 0.3) is 0 Å². The van der Waals surface area contributed by atoms with E-state index in [1.54, 1.807) is 6.92 Å². The van der Waals surface area contributed by atoms with Crippen LogP contribution in [-0.2, 0) is 4.89 Å². The van der Waals surface area contributed by atoms with Crippen LogP contribution in [0.15, 0.2) is 42.3 Å². The summed E-state index contributed by atoms with van der Waals surface area (Å²) in [5.41, 5.74) is 1.10. The first-order valence-corrected chi connectivity index (χ1v) is 6.82. The van der Waals surface area contributed by atoms with E-state index in [0.717, 1.165) is 23.7 Å². The minimum Gasteiger partial charge on any atom is -0.344 e. The van der Waals surface area contributed by atoms with Crippen molar-refractivity contribution in [2.75, 3.05) is 23.0 Å². The molecule has 3 nitrogen and oxygen atoms in total. The SMILES string of the molecule is CCSCCN(/C=C(\C)OO)c1ccccc1. The van der Waals surface area contributed by atoms with Crippen LogP contribution in [0.3, 0.4) is 0 Å². The number of allylic oxidation sites excluding steroid dienone is 1. The number of hydrogen-bond donors (Lipinski definition) is 1. The molecule has 0 amide bonds. The molecule has 0 unspecified atom stereocenters. The Labute approximate surface area is 107 Å². The summed E-state index contributed by atoms with van der Waals surface area (Å²) in [7, 11) is 0. The van der Waals surface area contributed by atoms with Crippen LogP contribution in [0.1, 0.15) is 13.8 Å². The van der Waals surface area contributed by atoms with Crippen molar-refractivity contribution < 1.29 is 10.1 Å². The summed E-state index contributed by atoms with van der Waals surface area (Å²) in [5, 5.41) is 8.60. The lowest BCUT2D eigenvalue weighted by molar-refractivity contribution is -0.202. The second kappa shape index (κ2) is 8.03. The normalized spacial score (nSPS) is 11.4. The third-order valence-corrected chi connectivity index (χ3v) is 3.13. The largest absolute Gasteiger partial charge is 0.344 e.